The molecule has 0 saturated heterocycles. The molecule has 8 nitrogen and oxygen atoms in total. The van der Waals surface area contributed by atoms with Crippen LogP contribution < -0.4 is 14.8 Å². The van der Waals surface area contributed by atoms with Crippen LogP contribution in [0.4, 0.5) is 11.5 Å². The fourth-order valence-electron chi connectivity index (χ4n) is 4.10. The number of unbranched alkanes of at least 4 members (excludes halogenated alkanes) is 3. The third-order valence-electron chi connectivity index (χ3n) is 6.19. The maximum Gasteiger partial charge on any atom is 0.338 e. The Morgan fingerprint density at radius 2 is 1.75 bits per heavy atom. The molecule has 4 rings (SSSR count). The first-order valence-corrected chi connectivity index (χ1v) is 13.1. The van der Waals surface area contributed by atoms with Gasteiger partial charge in [-0.1, -0.05) is 43.0 Å². The quantitative estimate of drug-likeness (QED) is 0.117. The van der Waals surface area contributed by atoms with Gasteiger partial charge in [-0.3, -0.25) is 4.79 Å². The summed E-state index contributed by atoms with van der Waals surface area (Å²) in [6.07, 6.45) is 10.7. The van der Waals surface area contributed by atoms with Gasteiger partial charge in [-0.05, 0) is 49.2 Å². The van der Waals surface area contributed by atoms with Crippen LogP contribution in [0.25, 0.3) is 10.9 Å². The van der Waals surface area contributed by atoms with Crippen LogP contribution in [0.2, 0.25) is 0 Å². The number of nitrogens with one attached hydrogen (secondary N) is 1. The monoisotopic (exact) mass is 537 g/mol. The zero-order valence-electron chi connectivity index (χ0n) is 22.4. The molecule has 1 N–H and O–H groups in total. The van der Waals surface area contributed by atoms with Crippen molar-refractivity contribution in [2.45, 2.75) is 32.1 Å². The third kappa shape index (κ3) is 7.81. The first-order valence-electron chi connectivity index (χ1n) is 13.1. The summed E-state index contributed by atoms with van der Waals surface area (Å²) in [6.45, 7) is 0.291. The Kier molecular flexibility index (Phi) is 10.1. The average Bonchev–Trinajstić information content (AvgIpc) is 2.99. The Labute approximate surface area is 233 Å². The summed E-state index contributed by atoms with van der Waals surface area (Å²) >= 11 is 0. The van der Waals surface area contributed by atoms with Gasteiger partial charge < -0.3 is 19.5 Å². The zero-order chi connectivity index (χ0) is 28.2. The minimum absolute atomic E-state index is 0.0842. The number of fused-ring (bicyclic) bond motifs is 1. The van der Waals surface area contributed by atoms with Crippen molar-refractivity contribution in [3.8, 4) is 23.8 Å². The molecular weight excluding hydrogens is 506 g/mol. The number of carbonyl (C=O) groups is 2. The Morgan fingerprint density at radius 1 is 0.925 bits per heavy atom. The summed E-state index contributed by atoms with van der Waals surface area (Å²) in [4.78, 5) is 32.8. The van der Waals surface area contributed by atoms with Crippen LogP contribution in [0.3, 0.4) is 0 Å². The molecule has 0 aliphatic carbocycles. The van der Waals surface area contributed by atoms with Crippen molar-refractivity contribution in [3.05, 3.63) is 84.2 Å². The molecule has 3 aromatic carbocycles. The van der Waals surface area contributed by atoms with Gasteiger partial charge in [0.25, 0.3) is 0 Å². The van der Waals surface area contributed by atoms with E-state index in [0.29, 0.717) is 41.4 Å². The average molecular weight is 538 g/mol. The van der Waals surface area contributed by atoms with Crippen LogP contribution in [0, 0.1) is 12.3 Å². The van der Waals surface area contributed by atoms with E-state index in [0.717, 1.165) is 42.3 Å². The molecule has 204 valence electrons. The number of methoxy groups -OCH3 is 1. The first kappa shape index (κ1) is 28.1. The second-order valence-electron chi connectivity index (χ2n) is 9.09. The van der Waals surface area contributed by atoms with E-state index < -0.39 is 5.97 Å². The highest BCUT2D eigenvalue weighted by atomic mass is 16.5. The zero-order valence-corrected chi connectivity index (χ0v) is 22.4. The minimum atomic E-state index is -0.484. The van der Waals surface area contributed by atoms with Gasteiger partial charge in [0.1, 0.15) is 18.8 Å². The van der Waals surface area contributed by atoms with E-state index in [1.165, 1.54) is 6.33 Å². The molecule has 1 aromatic heterocycles. The number of anilines is 2. The fourth-order valence-corrected chi connectivity index (χ4v) is 4.10. The van der Waals surface area contributed by atoms with Crippen molar-refractivity contribution in [2.75, 3.05) is 25.6 Å². The van der Waals surface area contributed by atoms with Gasteiger partial charge in [-0.15, -0.1) is 6.42 Å². The summed E-state index contributed by atoms with van der Waals surface area (Å²) in [5.41, 5.74) is 2.74. The van der Waals surface area contributed by atoms with Gasteiger partial charge in [0.2, 0.25) is 0 Å². The molecule has 1 heterocycles. The number of ether oxygens (including phenoxy) is 3. The number of terminal acetylenes is 1. The highest BCUT2D eigenvalue weighted by molar-refractivity contribution is 5.93. The topological polar surface area (TPSA) is 99.6 Å². The predicted octanol–water partition coefficient (Wildman–Crippen LogP) is 6.12. The predicted molar refractivity (Wildman–Crippen MR) is 154 cm³/mol. The second-order valence-corrected chi connectivity index (χ2v) is 9.09. The molecule has 8 heteroatoms. The third-order valence-corrected chi connectivity index (χ3v) is 6.19. The Morgan fingerprint density at radius 3 is 2.55 bits per heavy atom. The lowest BCUT2D eigenvalue weighted by Gasteiger charge is -2.14. The van der Waals surface area contributed by atoms with Crippen molar-refractivity contribution in [1.82, 2.24) is 9.97 Å². The van der Waals surface area contributed by atoms with E-state index in [-0.39, 0.29) is 12.4 Å². The highest BCUT2D eigenvalue weighted by Crippen LogP contribution is 2.35. The number of esters is 1. The van der Waals surface area contributed by atoms with Crippen LogP contribution in [0.1, 0.15) is 48.0 Å². The number of rotatable bonds is 14. The number of nitrogens with zero attached hydrogens (tertiary/aromatic N) is 2. The Balaban J connectivity index is 1.24. The molecule has 0 unspecified atom stereocenters. The lowest BCUT2D eigenvalue weighted by molar-refractivity contribution is -0.122. The van der Waals surface area contributed by atoms with Crippen LogP contribution in [0.5, 0.6) is 11.5 Å². The van der Waals surface area contributed by atoms with E-state index in [1.807, 2.05) is 42.5 Å². The second kappa shape index (κ2) is 14.3. The lowest BCUT2D eigenvalue weighted by Crippen LogP contribution is -2.13. The molecule has 0 aliphatic heterocycles. The fraction of sp³-hybridized carbons (Fsp3) is 0.250. The number of carbonyl (C=O) groups excluding carboxylic acids is 2. The van der Waals surface area contributed by atoms with Crippen LogP contribution >= 0.6 is 0 Å². The summed E-state index contributed by atoms with van der Waals surface area (Å²) in [6, 6.07) is 19.9. The van der Waals surface area contributed by atoms with E-state index >= 15 is 0 Å². The molecule has 0 atom stereocenters. The maximum absolute atomic E-state index is 12.1. The number of hydrogen-bond donors (Lipinski definition) is 1. The lowest BCUT2D eigenvalue weighted by atomic mass is 10.1. The van der Waals surface area contributed by atoms with E-state index in [1.54, 1.807) is 31.4 Å². The van der Waals surface area contributed by atoms with Crippen LogP contribution in [0.15, 0.2) is 73.1 Å². The molecule has 0 amide bonds. The van der Waals surface area contributed by atoms with Gasteiger partial charge in [-0.25, -0.2) is 14.8 Å². The van der Waals surface area contributed by atoms with Gasteiger partial charge in [0, 0.05) is 29.1 Å². The summed E-state index contributed by atoms with van der Waals surface area (Å²) in [7, 11) is 1.59. The highest BCUT2D eigenvalue weighted by Gasteiger charge is 2.13. The van der Waals surface area contributed by atoms with Gasteiger partial charge in [0.15, 0.2) is 17.3 Å². The van der Waals surface area contributed by atoms with Crippen molar-refractivity contribution in [1.29, 1.82) is 0 Å². The molecule has 0 spiro atoms. The minimum Gasteiger partial charge on any atom is -0.493 e. The molecule has 0 radical (unpaired) electrons. The normalized spacial score (nSPS) is 10.5. The van der Waals surface area contributed by atoms with Gasteiger partial charge >= 0.3 is 5.97 Å². The first-order chi connectivity index (χ1) is 19.6. The SMILES string of the molecule is C#Cc1cccc(Nc2ncnc3cc(OC)c(OCCCCCCC(=O)COC(=O)c4ccccc4)cc23)c1. The van der Waals surface area contributed by atoms with Crippen molar-refractivity contribution < 1.29 is 23.8 Å². The number of ketones is 1. The van der Waals surface area contributed by atoms with Crippen molar-refractivity contribution in [2.24, 2.45) is 0 Å². The molecule has 0 aliphatic rings. The summed E-state index contributed by atoms with van der Waals surface area (Å²) < 4.78 is 16.7. The summed E-state index contributed by atoms with van der Waals surface area (Å²) in [5, 5.41) is 4.10. The number of hydrogen-bond acceptors (Lipinski definition) is 8. The smallest absolute Gasteiger partial charge is 0.338 e. The molecule has 0 fully saturated rings. The molecular formula is C32H31N3O5. The molecule has 0 saturated carbocycles. The van der Waals surface area contributed by atoms with Gasteiger partial charge in [-0.2, -0.15) is 0 Å². The largest absolute Gasteiger partial charge is 0.493 e. The van der Waals surface area contributed by atoms with E-state index in [2.05, 4.69) is 21.2 Å². The molecule has 40 heavy (non-hydrogen) atoms. The van der Waals surface area contributed by atoms with Crippen LogP contribution in [-0.2, 0) is 9.53 Å². The Bertz CT molecular complexity index is 1500. The van der Waals surface area contributed by atoms with Crippen molar-refractivity contribution in [3.63, 3.8) is 0 Å². The van der Waals surface area contributed by atoms with E-state index in [9.17, 15) is 9.59 Å². The standard InChI is InChI=1S/C32H31N3O5/c1-3-23-12-11-15-25(18-23)35-31-27-19-30(29(38-2)20-28(27)33-22-34-31)39-17-10-5-4-9-16-26(36)21-40-32(37)24-13-7-6-8-14-24/h1,6-8,11-15,18-20,22H,4-5,9-10,16-17,21H2,2H3,(H,33,34,35). The van der Waals surface area contributed by atoms with E-state index in [4.69, 9.17) is 20.6 Å². The molecule has 0 bridgehead atoms. The number of benzene rings is 3. The van der Waals surface area contributed by atoms with Crippen molar-refractivity contribution >= 4 is 34.2 Å². The summed E-state index contributed by atoms with van der Waals surface area (Å²) in [5.74, 6) is 3.88. The number of Topliss-reactive ketones (excluding diaryl/α,β-unsaturated/α-hetero) is 1. The maximum atomic E-state index is 12.1. The van der Waals surface area contributed by atoms with Crippen LogP contribution in [-0.4, -0.2) is 42.0 Å². The number of aromatic nitrogens is 2. The van der Waals surface area contributed by atoms with Gasteiger partial charge in [0.05, 0.1) is 24.8 Å². The molecule has 4 aromatic rings. The Hall–Kier alpha value is -4.90.